The van der Waals surface area contributed by atoms with E-state index in [2.05, 4.69) is 11.2 Å². The lowest BCUT2D eigenvalue weighted by atomic mass is 10.1. The van der Waals surface area contributed by atoms with E-state index in [1.54, 1.807) is 0 Å². The largest absolute Gasteiger partial charge is 0.205 e. The first-order chi connectivity index (χ1) is 3.93. The van der Waals surface area contributed by atoms with Crippen LogP contribution in [0.3, 0.4) is 0 Å². The molecule has 0 unspecified atom stereocenters. The van der Waals surface area contributed by atoms with Gasteiger partial charge in [0.1, 0.15) is 0 Å². The molecule has 0 atom stereocenters. The predicted molar refractivity (Wildman–Crippen MR) is 31.6 cm³/mol. The van der Waals surface area contributed by atoms with Gasteiger partial charge < -0.3 is 0 Å². The lowest BCUT2D eigenvalue weighted by Crippen LogP contribution is -1.80. The molecule has 1 aliphatic carbocycles. The molecule has 0 amide bonds. The lowest BCUT2D eigenvalue weighted by Gasteiger charge is -1.97. The Morgan fingerprint density at radius 2 is 2.50 bits per heavy atom. The van der Waals surface area contributed by atoms with Gasteiger partial charge in [-0.2, -0.15) is 5.11 Å². The fraction of sp³-hybridized carbons (Fsp3) is 0.333. The molecule has 0 saturated carbocycles. The first-order valence-electron chi connectivity index (χ1n) is 2.66. The van der Waals surface area contributed by atoms with Crippen LogP contribution in [0.5, 0.6) is 0 Å². The quantitative estimate of drug-likeness (QED) is 0.500. The zero-order valence-electron chi connectivity index (χ0n) is 4.59. The maximum atomic E-state index is 6.62. The summed E-state index contributed by atoms with van der Waals surface area (Å²) in [4.78, 5) is 0. The highest BCUT2D eigenvalue weighted by Crippen LogP contribution is 2.11. The minimum Gasteiger partial charge on any atom is -0.205 e. The third-order valence-corrected chi connectivity index (χ3v) is 1.14. The van der Waals surface area contributed by atoms with Crippen molar-refractivity contribution in [2.24, 2.45) is 5.11 Å². The SMILES string of the molecule is N=NC1=CC=CCC1. The normalized spacial score (nSPS) is 17.8. The van der Waals surface area contributed by atoms with Crippen LogP contribution in [-0.4, -0.2) is 0 Å². The van der Waals surface area contributed by atoms with Crippen LogP contribution in [-0.2, 0) is 0 Å². The van der Waals surface area contributed by atoms with Crippen molar-refractivity contribution in [3.8, 4) is 0 Å². The van der Waals surface area contributed by atoms with Gasteiger partial charge in [0.2, 0.25) is 0 Å². The molecule has 0 bridgehead atoms. The van der Waals surface area contributed by atoms with E-state index in [0.29, 0.717) is 0 Å². The number of hydrogen-bond acceptors (Lipinski definition) is 2. The Labute approximate surface area is 48.4 Å². The van der Waals surface area contributed by atoms with Crippen molar-refractivity contribution in [1.29, 1.82) is 5.53 Å². The summed E-state index contributed by atoms with van der Waals surface area (Å²) < 4.78 is 0. The molecule has 0 aliphatic heterocycles. The van der Waals surface area contributed by atoms with Crippen LogP contribution in [0.4, 0.5) is 0 Å². The van der Waals surface area contributed by atoms with Crippen LogP contribution >= 0.6 is 0 Å². The molecular weight excluding hydrogens is 100 g/mol. The summed E-state index contributed by atoms with van der Waals surface area (Å²) in [6, 6.07) is 0. The molecule has 0 fully saturated rings. The fourth-order valence-corrected chi connectivity index (χ4v) is 0.683. The third-order valence-electron chi connectivity index (χ3n) is 1.14. The van der Waals surface area contributed by atoms with Crippen LogP contribution in [0.25, 0.3) is 0 Å². The standard InChI is InChI=1S/C6H8N2/c7-8-6-4-2-1-3-5-6/h1-2,4,7H,3,5H2. The second-order valence-electron chi connectivity index (χ2n) is 1.74. The van der Waals surface area contributed by atoms with Crippen LogP contribution in [0.2, 0.25) is 0 Å². The van der Waals surface area contributed by atoms with Crippen LogP contribution < -0.4 is 0 Å². The highest BCUT2D eigenvalue weighted by molar-refractivity contribution is 5.15. The minimum absolute atomic E-state index is 0.882. The van der Waals surface area contributed by atoms with E-state index in [-0.39, 0.29) is 0 Å². The van der Waals surface area contributed by atoms with Gasteiger partial charge in [0, 0.05) is 0 Å². The predicted octanol–water partition coefficient (Wildman–Crippen LogP) is 2.25. The Morgan fingerprint density at radius 1 is 1.62 bits per heavy atom. The summed E-state index contributed by atoms with van der Waals surface area (Å²) in [6.07, 6.45) is 7.86. The molecule has 2 heteroatoms. The molecule has 1 aliphatic rings. The molecule has 0 radical (unpaired) electrons. The van der Waals surface area contributed by atoms with Gasteiger partial charge in [-0.05, 0) is 18.9 Å². The highest BCUT2D eigenvalue weighted by atomic mass is 15.0. The average molecular weight is 108 g/mol. The van der Waals surface area contributed by atoms with Crippen LogP contribution in [0.1, 0.15) is 12.8 Å². The van der Waals surface area contributed by atoms with Crippen molar-refractivity contribution in [1.82, 2.24) is 0 Å². The first kappa shape index (κ1) is 5.22. The van der Waals surface area contributed by atoms with Crippen molar-refractivity contribution in [3.63, 3.8) is 0 Å². The Morgan fingerprint density at radius 3 is 2.88 bits per heavy atom. The van der Waals surface area contributed by atoms with Gasteiger partial charge in [0.15, 0.2) is 0 Å². The fourth-order valence-electron chi connectivity index (χ4n) is 0.683. The summed E-state index contributed by atoms with van der Waals surface area (Å²) in [5.41, 5.74) is 7.50. The van der Waals surface area contributed by atoms with E-state index < -0.39 is 0 Å². The van der Waals surface area contributed by atoms with E-state index in [9.17, 15) is 0 Å². The van der Waals surface area contributed by atoms with Gasteiger partial charge >= 0.3 is 0 Å². The highest BCUT2D eigenvalue weighted by Gasteiger charge is 1.93. The Kier molecular flexibility index (Phi) is 1.57. The first-order valence-corrected chi connectivity index (χ1v) is 2.66. The lowest BCUT2D eigenvalue weighted by molar-refractivity contribution is 0.890. The van der Waals surface area contributed by atoms with Gasteiger partial charge in [0.25, 0.3) is 0 Å². The zero-order chi connectivity index (χ0) is 5.82. The molecule has 0 aromatic heterocycles. The second kappa shape index (κ2) is 2.40. The topological polar surface area (TPSA) is 36.2 Å². The van der Waals surface area contributed by atoms with Gasteiger partial charge in [-0.3, -0.25) is 0 Å². The van der Waals surface area contributed by atoms with Crippen molar-refractivity contribution in [3.05, 3.63) is 23.9 Å². The molecule has 42 valence electrons. The molecular formula is C6H8N2. The number of hydrogen-bond donors (Lipinski definition) is 1. The number of nitrogens with zero attached hydrogens (tertiary/aromatic N) is 1. The molecule has 2 nitrogen and oxygen atoms in total. The molecule has 0 saturated heterocycles. The second-order valence-corrected chi connectivity index (χ2v) is 1.74. The number of nitrogens with one attached hydrogen (secondary N) is 1. The molecule has 0 spiro atoms. The molecule has 1 N–H and O–H groups in total. The van der Waals surface area contributed by atoms with Gasteiger partial charge in [-0.15, -0.1) is 0 Å². The van der Waals surface area contributed by atoms with Crippen molar-refractivity contribution >= 4 is 0 Å². The summed E-state index contributed by atoms with van der Waals surface area (Å²) in [6.45, 7) is 0. The maximum absolute atomic E-state index is 6.62. The Bertz CT molecular complexity index is 145. The van der Waals surface area contributed by atoms with E-state index >= 15 is 0 Å². The molecule has 0 aromatic carbocycles. The Hall–Kier alpha value is -0.920. The summed E-state index contributed by atoms with van der Waals surface area (Å²) in [7, 11) is 0. The summed E-state index contributed by atoms with van der Waals surface area (Å²) >= 11 is 0. The molecule has 8 heavy (non-hydrogen) atoms. The molecule has 0 aromatic rings. The van der Waals surface area contributed by atoms with E-state index in [1.165, 1.54) is 0 Å². The molecule has 1 rings (SSSR count). The van der Waals surface area contributed by atoms with E-state index in [4.69, 9.17) is 5.53 Å². The van der Waals surface area contributed by atoms with Gasteiger partial charge in [0.05, 0.1) is 5.70 Å². The maximum Gasteiger partial charge on any atom is 0.0626 e. The van der Waals surface area contributed by atoms with Crippen molar-refractivity contribution in [2.75, 3.05) is 0 Å². The van der Waals surface area contributed by atoms with Gasteiger partial charge in [-0.25, -0.2) is 5.53 Å². The molecule has 0 heterocycles. The van der Waals surface area contributed by atoms with Crippen LogP contribution in [0, 0.1) is 5.53 Å². The average Bonchev–Trinajstić information content (AvgIpc) is 1.90. The van der Waals surface area contributed by atoms with Crippen molar-refractivity contribution < 1.29 is 0 Å². The minimum atomic E-state index is 0.882. The van der Waals surface area contributed by atoms with Gasteiger partial charge in [-0.1, -0.05) is 12.2 Å². The number of allylic oxidation sites excluding steroid dienone is 4. The third kappa shape index (κ3) is 1.03. The Balaban J connectivity index is 2.63. The number of rotatable bonds is 1. The zero-order valence-corrected chi connectivity index (χ0v) is 4.59. The smallest absolute Gasteiger partial charge is 0.0626 e. The van der Waals surface area contributed by atoms with Crippen LogP contribution in [0.15, 0.2) is 29.0 Å². The summed E-state index contributed by atoms with van der Waals surface area (Å²) in [5, 5.41) is 3.31. The van der Waals surface area contributed by atoms with Crippen molar-refractivity contribution in [2.45, 2.75) is 12.8 Å². The summed E-state index contributed by atoms with van der Waals surface area (Å²) in [5.74, 6) is 0. The monoisotopic (exact) mass is 108 g/mol. The van der Waals surface area contributed by atoms with E-state index in [1.807, 2.05) is 12.2 Å². The van der Waals surface area contributed by atoms with E-state index in [0.717, 1.165) is 18.5 Å².